The molecule has 0 fully saturated rings. The largest absolute Gasteiger partial charge is 0.469 e. The molecule has 0 radical (unpaired) electrons. The SMILES string of the molecule is Cc1occc1-c1nc(CCl)co1. The lowest BCUT2D eigenvalue weighted by Crippen LogP contribution is -1.79. The first-order chi connectivity index (χ1) is 6.31. The molecule has 2 rings (SSSR count). The van der Waals surface area contributed by atoms with Crippen LogP contribution in [0.5, 0.6) is 0 Å². The Bertz CT molecular complexity index is 405. The van der Waals surface area contributed by atoms with Crippen LogP contribution in [-0.4, -0.2) is 4.98 Å². The standard InChI is InChI=1S/C9H8ClNO2/c1-6-8(2-3-12-6)9-11-7(4-10)5-13-9/h2-3,5H,4H2,1H3. The van der Waals surface area contributed by atoms with Gasteiger partial charge in [0.2, 0.25) is 5.89 Å². The second kappa shape index (κ2) is 3.26. The van der Waals surface area contributed by atoms with Crippen LogP contribution in [0.2, 0.25) is 0 Å². The lowest BCUT2D eigenvalue weighted by molar-refractivity contribution is 0.529. The summed E-state index contributed by atoms with van der Waals surface area (Å²) in [4.78, 5) is 4.17. The molecule has 0 aliphatic carbocycles. The average Bonchev–Trinajstić information content (AvgIpc) is 2.71. The molecule has 0 bridgehead atoms. The monoisotopic (exact) mass is 197 g/mol. The van der Waals surface area contributed by atoms with E-state index in [9.17, 15) is 0 Å². The smallest absolute Gasteiger partial charge is 0.229 e. The Hall–Kier alpha value is -1.22. The van der Waals surface area contributed by atoms with Crippen LogP contribution >= 0.6 is 11.6 Å². The van der Waals surface area contributed by atoms with Crippen molar-refractivity contribution < 1.29 is 8.83 Å². The zero-order valence-electron chi connectivity index (χ0n) is 7.08. The molecule has 2 aromatic rings. The fourth-order valence-electron chi connectivity index (χ4n) is 1.10. The molecular formula is C9H8ClNO2. The average molecular weight is 198 g/mol. The van der Waals surface area contributed by atoms with Crippen LogP contribution in [0.25, 0.3) is 11.5 Å². The van der Waals surface area contributed by atoms with Crippen molar-refractivity contribution >= 4 is 11.6 Å². The predicted molar refractivity (Wildman–Crippen MR) is 48.5 cm³/mol. The second-order valence-corrected chi connectivity index (χ2v) is 2.94. The molecule has 0 aliphatic rings. The van der Waals surface area contributed by atoms with Gasteiger partial charge in [-0.05, 0) is 13.0 Å². The maximum atomic E-state index is 5.60. The molecule has 0 aromatic carbocycles. The van der Waals surface area contributed by atoms with Gasteiger partial charge in [0.25, 0.3) is 0 Å². The van der Waals surface area contributed by atoms with Gasteiger partial charge in [0.1, 0.15) is 12.0 Å². The molecule has 0 saturated carbocycles. The molecule has 0 unspecified atom stereocenters. The highest BCUT2D eigenvalue weighted by Crippen LogP contribution is 2.23. The minimum atomic E-state index is 0.362. The van der Waals surface area contributed by atoms with E-state index in [1.165, 1.54) is 0 Å². The first-order valence-electron chi connectivity index (χ1n) is 3.86. The van der Waals surface area contributed by atoms with Crippen LogP contribution < -0.4 is 0 Å². The normalized spacial score (nSPS) is 10.6. The van der Waals surface area contributed by atoms with Crippen LogP contribution in [-0.2, 0) is 5.88 Å². The maximum Gasteiger partial charge on any atom is 0.229 e. The summed E-state index contributed by atoms with van der Waals surface area (Å²) in [7, 11) is 0. The summed E-state index contributed by atoms with van der Waals surface area (Å²) in [6.07, 6.45) is 3.16. The number of alkyl halides is 1. The van der Waals surface area contributed by atoms with Crippen molar-refractivity contribution in [2.75, 3.05) is 0 Å². The summed E-state index contributed by atoms with van der Waals surface area (Å²) in [5.41, 5.74) is 1.61. The zero-order chi connectivity index (χ0) is 9.26. The summed E-state index contributed by atoms with van der Waals surface area (Å²) in [6, 6.07) is 1.82. The van der Waals surface area contributed by atoms with E-state index < -0.39 is 0 Å². The Morgan fingerprint density at radius 1 is 1.46 bits per heavy atom. The summed E-state index contributed by atoms with van der Waals surface area (Å²) in [5, 5.41) is 0. The third-order valence-corrected chi connectivity index (χ3v) is 2.05. The van der Waals surface area contributed by atoms with Crippen molar-refractivity contribution in [3.8, 4) is 11.5 Å². The fourth-order valence-corrected chi connectivity index (χ4v) is 1.22. The lowest BCUT2D eigenvalue weighted by Gasteiger charge is -1.89. The number of aromatic nitrogens is 1. The Labute approximate surface area is 80.3 Å². The van der Waals surface area contributed by atoms with E-state index in [1.807, 2.05) is 13.0 Å². The van der Waals surface area contributed by atoms with Crippen molar-refractivity contribution in [1.82, 2.24) is 4.98 Å². The van der Waals surface area contributed by atoms with Gasteiger partial charge in [-0.15, -0.1) is 11.6 Å². The highest BCUT2D eigenvalue weighted by Gasteiger charge is 2.10. The molecule has 13 heavy (non-hydrogen) atoms. The van der Waals surface area contributed by atoms with E-state index in [4.69, 9.17) is 20.4 Å². The molecule has 0 saturated heterocycles. The van der Waals surface area contributed by atoms with Crippen molar-refractivity contribution in [2.24, 2.45) is 0 Å². The number of halogens is 1. The summed E-state index contributed by atoms with van der Waals surface area (Å²) in [6.45, 7) is 1.86. The van der Waals surface area contributed by atoms with Crippen LogP contribution in [0, 0.1) is 6.92 Å². The summed E-state index contributed by atoms with van der Waals surface area (Å²) >= 11 is 5.60. The minimum Gasteiger partial charge on any atom is -0.469 e. The van der Waals surface area contributed by atoms with Crippen molar-refractivity contribution in [1.29, 1.82) is 0 Å². The van der Waals surface area contributed by atoms with E-state index >= 15 is 0 Å². The number of nitrogens with zero attached hydrogens (tertiary/aromatic N) is 1. The fraction of sp³-hybridized carbons (Fsp3) is 0.222. The molecule has 68 valence electrons. The molecule has 0 atom stereocenters. The number of rotatable bonds is 2. The van der Waals surface area contributed by atoms with E-state index in [-0.39, 0.29) is 0 Å². The molecule has 0 spiro atoms. The Balaban J connectivity index is 2.41. The van der Waals surface area contributed by atoms with Crippen molar-refractivity contribution in [3.63, 3.8) is 0 Å². The number of hydrogen-bond acceptors (Lipinski definition) is 3. The van der Waals surface area contributed by atoms with Gasteiger partial charge in [0.15, 0.2) is 0 Å². The molecule has 0 amide bonds. The van der Waals surface area contributed by atoms with Crippen molar-refractivity contribution in [3.05, 3.63) is 30.0 Å². The maximum absolute atomic E-state index is 5.60. The minimum absolute atomic E-state index is 0.362. The van der Waals surface area contributed by atoms with Crippen molar-refractivity contribution in [2.45, 2.75) is 12.8 Å². The van der Waals surface area contributed by atoms with Gasteiger partial charge in [-0.25, -0.2) is 4.98 Å². The van der Waals surface area contributed by atoms with Gasteiger partial charge < -0.3 is 8.83 Å². The third-order valence-electron chi connectivity index (χ3n) is 1.78. The van der Waals surface area contributed by atoms with Gasteiger partial charge in [0.05, 0.1) is 23.4 Å². The molecule has 4 heteroatoms. The summed E-state index contributed by atoms with van der Waals surface area (Å²) in [5.74, 6) is 1.71. The Morgan fingerprint density at radius 2 is 2.31 bits per heavy atom. The molecular weight excluding hydrogens is 190 g/mol. The van der Waals surface area contributed by atoms with Gasteiger partial charge >= 0.3 is 0 Å². The second-order valence-electron chi connectivity index (χ2n) is 2.67. The quantitative estimate of drug-likeness (QED) is 0.695. The van der Waals surface area contributed by atoms with Crippen LogP contribution in [0.1, 0.15) is 11.5 Å². The number of oxazole rings is 1. The van der Waals surface area contributed by atoms with Crippen LogP contribution in [0.15, 0.2) is 27.4 Å². The van der Waals surface area contributed by atoms with Crippen LogP contribution in [0.3, 0.4) is 0 Å². The van der Waals surface area contributed by atoms with E-state index in [2.05, 4.69) is 4.98 Å². The van der Waals surface area contributed by atoms with E-state index in [0.717, 1.165) is 17.0 Å². The first kappa shape index (κ1) is 8.38. The van der Waals surface area contributed by atoms with Gasteiger partial charge in [-0.1, -0.05) is 0 Å². The van der Waals surface area contributed by atoms with E-state index in [0.29, 0.717) is 11.8 Å². The highest BCUT2D eigenvalue weighted by atomic mass is 35.5. The Morgan fingerprint density at radius 3 is 2.85 bits per heavy atom. The highest BCUT2D eigenvalue weighted by molar-refractivity contribution is 6.16. The number of furan rings is 1. The molecule has 2 aromatic heterocycles. The molecule has 0 N–H and O–H groups in total. The molecule has 3 nitrogen and oxygen atoms in total. The van der Waals surface area contributed by atoms with E-state index in [1.54, 1.807) is 12.5 Å². The molecule has 0 aliphatic heterocycles. The van der Waals surface area contributed by atoms with Gasteiger partial charge in [0, 0.05) is 0 Å². The first-order valence-corrected chi connectivity index (χ1v) is 4.39. The Kier molecular flexibility index (Phi) is 2.10. The lowest BCUT2D eigenvalue weighted by atomic mass is 10.3. The number of hydrogen-bond donors (Lipinski definition) is 0. The third kappa shape index (κ3) is 1.47. The summed E-state index contributed by atoms with van der Waals surface area (Å²) < 4.78 is 10.4. The predicted octanol–water partition coefficient (Wildman–Crippen LogP) is 2.98. The zero-order valence-corrected chi connectivity index (χ0v) is 7.84. The van der Waals surface area contributed by atoms with Gasteiger partial charge in [-0.2, -0.15) is 0 Å². The topological polar surface area (TPSA) is 39.2 Å². The van der Waals surface area contributed by atoms with Gasteiger partial charge in [-0.3, -0.25) is 0 Å². The van der Waals surface area contributed by atoms with Crippen LogP contribution in [0.4, 0.5) is 0 Å². The number of aryl methyl sites for hydroxylation is 1. The molecule has 2 heterocycles.